The molecule has 2 aromatic heterocycles. The Balaban J connectivity index is 1.61. The van der Waals surface area contributed by atoms with Gasteiger partial charge in [-0.25, -0.2) is 9.37 Å². The third-order valence-electron chi connectivity index (χ3n) is 5.48. The smallest absolute Gasteiger partial charge is 0.287 e. The lowest BCUT2D eigenvalue weighted by Crippen LogP contribution is -2.24. The minimum atomic E-state index is -0.735. The van der Waals surface area contributed by atoms with Crippen LogP contribution in [-0.4, -0.2) is 22.6 Å². The Hall–Kier alpha value is -2.89. The molecule has 1 fully saturated rings. The van der Waals surface area contributed by atoms with Gasteiger partial charge in [0.15, 0.2) is 5.82 Å². The molecule has 6 heteroatoms. The summed E-state index contributed by atoms with van der Waals surface area (Å²) in [6.45, 7) is 6.89. The minimum absolute atomic E-state index is 0.425. The number of benzene rings is 1. The fourth-order valence-electron chi connectivity index (χ4n) is 3.79. The fraction of sp³-hybridized carbons (Fsp3) is 0.391. The molecule has 29 heavy (non-hydrogen) atoms. The van der Waals surface area contributed by atoms with Gasteiger partial charge in [0, 0.05) is 48.7 Å². The van der Waals surface area contributed by atoms with E-state index in [2.05, 4.69) is 41.2 Å². The number of pyridine rings is 2. The van der Waals surface area contributed by atoms with Crippen molar-refractivity contribution in [1.29, 1.82) is 0 Å². The lowest BCUT2D eigenvalue weighted by atomic mass is 10.1. The molecule has 1 N–H and O–H groups in total. The van der Waals surface area contributed by atoms with Gasteiger partial charge in [0.05, 0.1) is 5.52 Å². The van der Waals surface area contributed by atoms with E-state index in [0.717, 1.165) is 25.2 Å². The standard InChI is InChI=1S/C23H27FN4O/c1-16(2)9-12-28-21-14-22(25-15-17(21)13-20(24)23(28)29)26-18-5-7-19(8-6-18)27-10-3-4-11-27/h5-8,13-16H,3-4,9-12H2,1-2H3,(H,25,26). The number of hydrogen-bond acceptors (Lipinski definition) is 4. The van der Waals surface area contributed by atoms with Crippen molar-refractivity contribution in [2.24, 2.45) is 5.92 Å². The predicted molar refractivity (Wildman–Crippen MR) is 117 cm³/mol. The first kappa shape index (κ1) is 19.4. The van der Waals surface area contributed by atoms with E-state index in [1.54, 1.807) is 6.20 Å². The van der Waals surface area contributed by atoms with Crippen LogP contribution < -0.4 is 15.8 Å². The number of hydrogen-bond donors (Lipinski definition) is 1. The summed E-state index contributed by atoms with van der Waals surface area (Å²) in [4.78, 5) is 19.2. The summed E-state index contributed by atoms with van der Waals surface area (Å²) in [5.74, 6) is 0.325. The molecule has 5 nitrogen and oxygen atoms in total. The summed E-state index contributed by atoms with van der Waals surface area (Å²) >= 11 is 0. The van der Waals surface area contributed by atoms with E-state index in [1.165, 1.54) is 29.2 Å². The van der Waals surface area contributed by atoms with Crippen LogP contribution in [0.3, 0.4) is 0 Å². The molecule has 0 atom stereocenters. The molecule has 1 saturated heterocycles. The highest BCUT2D eigenvalue weighted by Gasteiger charge is 2.13. The average Bonchev–Trinajstić information content (AvgIpc) is 3.24. The summed E-state index contributed by atoms with van der Waals surface area (Å²) in [5.41, 5.74) is 2.28. The Kier molecular flexibility index (Phi) is 5.51. The predicted octanol–water partition coefficient (Wildman–Crippen LogP) is 4.93. The highest BCUT2D eigenvalue weighted by molar-refractivity contribution is 5.81. The molecule has 0 radical (unpaired) electrons. The molecule has 1 aromatic carbocycles. The number of nitrogens with zero attached hydrogens (tertiary/aromatic N) is 3. The molecular formula is C23H27FN4O. The normalized spacial score (nSPS) is 14.1. The number of fused-ring (bicyclic) bond motifs is 1. The van der Waals surface area contributed by atoms with Crippen molar-refractivity contribution in [2.75, 3.05) is 23.3 Å². The van der Waals surface area contributed by atoms with E-state index in [9.17, 15) is 9.18 Å². The number of aromatic nitrogens is 2. The number of halogens is 1. The van der Waals surface area contributed by atoms with Crippen molar-refractivity contribution in [3.05, 3.63) is 58.8 Å². The molecule has 1 aliphatic heterocycles. The van der Waals surface area contributed by atoms with Gasteiger partial charge in [0.1, 0.15) is 5.82 Å². The van der Waals surface area contributed by atoms with Crippen molar-refractivity contribution in [2.45, 2.75) is 39.7 Å². The second-order valence-electron chi connectivity index (χ2n) is 8.13. The lowest BCUT2D eigenvalue weighted by Gasteiger charge is -2.18. The van der Waals surface area contributed by atoms with E-state index in [-0.39, 0.29) is 0 Å². The Morgan fingerprint density at radius 3 is 2.55 bits per heavy atom. The van der Waals surface area contributed by atoms with Crippen LogP contribution in [0.4, 0.5) is 21.6 Å². The third kappa shape index (κ3) is 4.26. The first-order valence-corrected chi connectivity index (χ1v) is 10.3. The third-order valence-corrected chi connectivity index (χ3v) is 5.48. The monoisotopic (exact) mass is 394 g/mol. The highest BCUT2D eigenvalue weighted by Crippen LogP contribution is 2.25. The number of anilines is 3. The van der Waals surface area contributed by atoms with Crippen LogP contribution in [0.25, 0.3) is 10.9 Å². The number of nitrogens with one attached hydrogen (secondary N) is 1. The maximum absolute atomic E-state index is 14.1. The van der Waals surface area contributed by atoms with Gasteiger partial charge in [-0.15, -0.1) is 0 Å². The average molecular weight is 394 g/mol. The van der Waals surface area contributed by atoms with Gasteiger partial charge in [-0.05, 0) is 55.5 Å². The molecule has 0 unspecified atom stereocenters. The van der Waals surface area contributed by atoms with Gasteiger partial charge in [0.2, 0.25) is 0 Å². The second kappa shape index (κ2) is 8.23. The van der Waals surface area contributed by atoms with Crippen molar-refractivity contribution in [3.63, 3.8) is 0 Å². The van der Waals surface area contributed by atoms with Crippen LogP contribution in [0.15, 0.2) is 47.4 Å². The van der Waals surface area contributed by atoms with E-state index >= 15 is 0 Å². The molecule has 0 bridgehead atoms. The summed E-state index contributed by atoms with van der Waals surface area (Å²) in [5, 5.41) is 3.93. The van der Waals surface area contributed by atoms with Crippen LogP contribution in [0.1, 0.15) is 33.1 Å². The van der Waals surface area contributed by atoms with Crippen molar-refractivity contribution < 1.29 is 4.39 Å². The Morgan fingerprint density at radius 2 is 1.86 bits per heavy atom. The highest BCUT2D eigenvalue weighted by atomic mass is 19.1. The van der Waals surface area contributed by atoms with E-state index in [0.29, 0.717) is 29.2 Å². The molecule has 1 aliphatic rings. The fourth-order valence-corrected chi connectivity index (χ4v) is 3.79. The zero-order valence-corrected chi connectivity index (χ0v) is 17.0. The largest absolute Gasteiger partial charge is 0.372 e. The zero-order chi connectivity index (χ0) is 20.4. The number of aryl methyl sites for hydroxylation is 1. The maximum atomic E-state index is 14.1. The van der Waals surface area contributed by atoms with E-state index in [4.69, 9.17) is 0 Å². The van der Waals surface area contributed by atoms with Crippen LogP contribution in [0.2, 0.25) is 0 Å². The Bertz CT molecular complexity index is 1050. The summed E-state index contributed by atoms with van der Waals surface area (Å²) in [7, 11) is 0. The van der Waals surface area contributed by atoms with Gasteiger partial charge < -0.3 is 14.8 Å². The zero-order valence-electron chi connectivity index (χ0n) is 17.0. The molecule has 0 spiro atoms. The molecule has 3 heterocycles. The molecule has 0 aliphatic carbocycles. The lowest BCUT2D eigenvalue weighted by molar-refractivity contribution is 0.501. The first-order chi connectivity index (χ1) is 14.0. The molecule has 0 saturated carbocycles. The minimum Gasteiger partial charge on any atom is -0.372 e. The number of rotatable bonds is 6. The van der Waals surface area contributed by atoms with Crippen LogP contribution >= 0.6 is 0 Å². The van der Waals surface area contributed by atoms with E-state index < -0.39 is 11.4 Å². The van der Waals surface area contributed by atoms with Crippen LogP contribution in [0, 0.1) is 11.7 Å². The van der Waals surface area contributed by atoms with Crippen LogP contribution in [-0.2, 0) is 6.54 Å². The van der Waals surface area contributed by atoms with Crippen LogP contribution in [0.5, 0.6) is 0 Å². The Labute approximate surface area is 170 Å². The molecule has 152 valence electrons. The molecule has 4 rings (SSSR count). The summed E-state index contributed by atoms with van der Waals surface area (Å²) in [6, 6.07) is 11.4. The second-order valence-corrected chi connectivity index (χ2v) is 8.13. The van der Waals surface area contributed by atoms with Crippen molar-refractivity contribution >= 4 is 28.1 Å². The van der Waals surface area contributed by atoms with E-state index in [1.807, 2.05) is 18.2 Å². The topological polar surface area (TPSA) is 50.2 Å². The summed E-state index contributed by atoms with van der Waals surface area (Å²) in [6.07, 6.45) is 4.92. The molecule has 0 amide bonds. The SMILES string of the molecule is CC(C)CCn1c(=O)c(F)cc2cnc(Nc3ccc(N4CCCC4)cc3)cc21. The van der Waals surface area contributed by atoms with Gasteiger partial charge in [0.25, 0.3) is 5.56 Å². The molecule has 3 aromatic rings. The Morgan fingerprint density at radius 1 is 1.14 bits per heavy atom. The first-order valence-electron chi connectivity index (χ1n) is 10.3. The maximum Gasteiger partial charge on any atom is 0.287 e. The van der Waals surface area contributed by atoms with Crippen molar-refractivity contribution in [3.8, 4) is 0 Å². The van der Waals surface area contributed by atoms with Gasteiger partial charge in [-0.3, -0.25) is 4.79 Å². The molecular weight excluding hydrogens is 367 g/mol. The van der Waals surface area contributed by atoms with Gasteiger partial charge >= 0.3 is 0 Å². The van der Waals surface area contributed by atoms with Gasteiger partial charge in [-0.2, -0.15) is 0 Å². The van der Waals surface area contributed by atoms with Gasteiger partial charge in [-0.1, -0.05) is 13.8 Å². The summed E-state index contributed by atoms with van der Waals surface area (Å²) < 4.78 is 15.6. The van der Waals surface area contributed by atoms with Crippen molar-refractivity contribution in [1.82, 2.24) is 9.55 Å². The quantitative estimate of drug-likeness (QED) is 0.644.